The number of rotatable bonds is 7. The maximum atomic E-state index is 13.1. The summed E-state index contributed by atoms with van der Waals surface area (Å²) in [5, 5.41) is 3.28. The molecule has 1 N–H and O–H groups in total. The molecule has 0 amide bonds. The van der Waals surface area contributed by atoms with Crippen molar-refractivity contribution >= 4 is 17.2 Å². The minimum Gasteiger partial charge on any atom is -0.493 e. The van der Waals surface area contributed by atoms with Crippen LogP contribution in [0.5, 0.6) is 11.5 Å². The quantitative estimate of drug-likeness (QED) is 0.558. The van der Waals surface area contributed by atoms with Crippen LogP contribution in [0.4, 0.5) is 4.39 Å². The first-order valence-electron chi connectivity index (χ1n) is 8.95. The van der Waals surface area contributed by atoms with Crippen LogP contribution in [-0.4, -0.2) is 12.1 Å². The third-order valence-electron chi connectivity index (χ3n) is 4.31. The van der Waals surface area contributed by atoms with Crippen molar-refractivity contribution in [3.8, 4) is 11.5 Å². The van der Waals surface area contributed by atoms with E-state index in [1.165, 1.54) is 17.7 Å². The molecule has 0 saturated carbocycles. The molecule has 3 aromatic carbocycles. The summed E-state index contributed by atoms with van der Waals surface area (Å²) in [6, 6.07) is 20.1. The van der Waals surface area contributed by atoms with E-state index in [0.717, 1.165) is 16.7 Å². The Morgan fingerprint density at radius 1 is 0.964 bits per heavy atom. The van der Waals surface area contributed by atoms with E-state index in [9.17, 15) is 4.39 Å². The SMILES string of the molecule is COc1cccc(C(=S)NCc2ccc(C)cc2)c1OCc1ccc(F)cc1. The molecule has 144 valence electrons. The van der Waals surface area contributed by atoms with Gasteiger partial charge in [-0.25, -0.2) is 4.39 Å². The van der Waals surface area contributed by atoms with Crippen molar-refractivity contribution < 1.29 is 13.9 Å². The van der Waals surface area contributed by atoms with Crippen molar-refractivity contribution in [2.75, 3.05) is 7.11 Å². The van der Waals surface area contributed by atoms with E-state index in [1.54, 1.807) is 19.2 Å². The van der Waals surface area contributed by atoms with Crippen LogP contribution in [0.1, 0.15) is 22.3 Å². The number of ether oxygens (including phenoxy) is 2. The molecule has 0 spiro atoms. The van der Waals surface area contributed by atoms with Crippen molar-refractivity contribution in [1.82, 2.24) is 5.32 Å². The zero-order valence-electron chi connectivity index (χ0n) is 15.9. The number of hydrogen-bond donors (Lipinski definition) is 1. The van der Waals surface area contributed by atoms with Crippen LogP contribution in [0, 0.1) is 12.7 Å². The fraction of sp³-hybridized carbons (Fsp3) is 0.174. The third kappa shape index (κ3) is 5.08. The largest absolute Gasteiger partial charge is 0.493 e. The highest BCUT2D eigenvalue weighted by molar-refractivity contribution is 7.80. The highest BCUT2D eigenvalue weighted by Gasteiger charge is 2.15. The average molecular weight is 395 g/mol. The summed E-state index contributed by atoms with van der Waals surface area (Å²) in [6.45, 7) is 2.96. The van der Waals surface area contributed by atoms with Crippen LogP contribution in [0.3, 0.4) is 0 Å². The molecule has 5 heteroatoms. The van der Waals surface area contributed by atoms with Crippen molar-refractivity contribution in [1.29, 1.82) is 0 Å². The van der Waals surface area contributed by atoms with Gasteiger partial charge in [0.05, 0.1) is 12.7 Å². The number of aryl methyl sites for hydroxylation is 1. The molecule has 28 heavy (non-hydrogen) atoms. The Balaban J connectivity index is 1.74. The van der Waals surface area contributed by atoms with Crippen molar-refractivity contribution in [3.63, 3.8) is 0 Å². The van der Waals surface area contributed by atoms with Gasteiger partial charge in [-0.1, -0.05) is 60.2 Å². The Hall–Kier alpha value is -2.92. The molecule has 0 saturated heterocycles. The number of methoxy groups -OCH3 is 1. The van der Waals surface area contributed by atoms with Crippen molar-refractivity contribution in [2.45, 2.75) is 20.1 Å². The first kappa shape index (κ1) is 19.8. The Morgan fingerprint density at radius 2 is 1.64 bits per heavy atom. The van der Waals surface area contributed by atoms with Gasteiger partial charge in [0.1, 0.15) is 17.4 Å². The summed E-state index contributed by atoms with van der Waals surface area (Å²) in [6.07, 6.45) is 0. The summed E-state index contributed by atoms with van der Waals surface area (Å²) < 4.78 is 24.5. The second kappa shape index (κ2) is 9.33. The summed E-state index contributed by atoms with van der Waals surface area (Å²) in [7, 11) is 1.59. The molecule has 0 radical (unpaired) electrons. The maximum Gasteiger partial charge on any atom is 0.171 e. The van der Waals surface area contributed by atoms with Crippen LogP contribution in [0.15, 0.2) is 66.7 Å². The Bertz CT molecular complexity index is 940. The van der Waals surface area contributed by atoms with E-state index < -0.39 is 0 Å². The predicted molar refractivity (Wildman–Crippen MR) is 113 cm³/mol. The number of nitrogens with one attached hydrogen (secondary N) is 1. The molecule has 0 bridgehead atoms. The normalized spacial score (nSPS) is 10.4. The van der Waals surface area contributed by atoms with Gasteiger partial charge >= 0.3 is 0 Å². The molecule has 0 fully saturated rings. The van der Waals surface area contributed by atoms with Crippen LogP contribution < -0.4 is 14.8 Å². The van der Waals surface area contributed by atoms with Gasteiger partial charge < -0.3 is 14.8 Å². The first-order valence-corrected chi connectivity index (χ1v) is 9.35. The number of halogens is 1. The predicted octanol–water partition coefficient (Wildman–Crippen LogP) is 5.19. The van der Waals surface area contributed by atoms with Gasteiger partial charge in [0, 0.05) is 6.54 Å². The van der Waals surface area contributed by atoms with Gasteiger partial charge in [0.2, 0.25) is 0 Å². The Morgan fingerprint density at radius 3 is 2.32 bits per heavy atom. The highest BCUT2D eigenvalue weighted by Crippen LogP contribution is 2.32. The van der Waals surface area contributed by atoms with Gasteiger partial charge in [-0.15, -0.1) is 0 Å². The van der Waals surface area contributed by atoms with Crippen LogP contribution in [-0.2, 0) is 13.2 Å². The summed E-state index contributed by atoms with van der Waals surface area (Å²) in [5.74, 6) is 0.887. The molecule has 3 nitrogen and oxygen atoms in total. The zero-order valence-corrected chi connectivity index (χ0v) is 16.7. The standard InChI is InChI=1S/C23H22FNO2S/c1-16-6-8-17(9-7-16)14-25-23(28)20-4-3-5-21(26-2)22(20)27-15-18-10-12-19(24)13-11-18/h3-13H,14-15H2,1-2H3,(H,25,28). The molecule has 0 aliphatic carbocycles. The minimum absolute atomic E-state index is 0.275. The first-order chi connectivity index (χ1) is 13.6. The molecule has 3 aromatic rings. The lowest BCUT2D eigenvalue weighted by Crippen LogP contribution is -2.22. The molecule has 3 rings (SSSR count). The van der Waals surface area contributed by atoms with E-state index >= 15 is 0 Å². The monoisotopic (exact) mass is 395 g/mol. The topological polar surface area (TPSA) is 30.5 Å². The van der Waals surface area contributed by atoms with Crippen LogP contribution in [0.2, 0.25) is 0 Å². The molecular weight excluding hydrogens is 373 g/mol. The second-order valence-corrected chi connectivity index (χ2v) is 6.83. The highest BCUT2D eigenvalue weighted by atomic mass is 32.1. The van der Waals surface area contributed by atoms with E-state index in [4.69, 9.17) is 21.7 Å². The van der Waals surface area contributed by atoms with Crippen LogP contribution >= 0.6 is 12.2 Å². The van der Waals surface area contributed by atoms with E-state index in [2.05, 4.69) is 36.5 Å². The lowest BCUT2D eigenvalue weighted by atomic mass is 10.1. The van der Waals surface area contributed by atoms with E-state index in [1.807, 2.05) is 18.2 Å². The number of hydrogen-bond acceptors (Lipinski definition) is 3. The fourth-order valence-electron chi connectivity index (χ4n) is 2.72. The lowest BCUT2D eigenvalue weighted by Gasteiger charge is -2.17. The molecule has 0 unspecified atom stereocenters. The van der Waals surface area contributed by atoms with Gasteiger partial charge in [0.15, 0.2) is 11.5 Å². The fourth-order valence-corrected chi connectivity index (χ4v) is 2.96. The summed E-state index contributed by atoms with van der Waals surface area (Å²) in [5.41, 5.74) is 3.97. The summed E-state index contributed by atoms with van der Waals surface area (Å²) in [4.78, 5) is 0.577. The third-order valence-corrected chi connectivity index (χ3v) is 4.68. The van der Waals surface area contributed by atoms with E-state index in [0.29, 0.717) is 23.0 Å². The number of para-hydroxylation sites is 1. The number of benzene rings is 3. The average Bonchev–Trinajstić information content (AvgIpc) is 2.72. The van der Waals surface area contributed by atoms with E-state index in [-0.39, 0.29) is 12.4 Å². The van der Waals surface area contributed by atoms with Crippen molar-refractivity contribution in [2.24, 2.45) is 0 Å². The maximum absolute atomic E-state index is 13.1. The second-order valence-electron chi connectivity index (χ2n) is 6.42. The molecular formula is C23H22FNO2S. The van der Waals surface area contributed by atoms with Gasteiger partial charge in [-0.2, -0.15) is 0 Å². The summed E-state index contributed by atoms with van der Waals surface area (Å²) >= 11 is 5.59. The van der Waals surface area contributed by atoms with Gasteiger partial charge in [-0.05, 0) is 42.3 Å². The molecule has 0 aliphatic heterocycles. The number of thiocarbonyl (C=S) groups is 1. The Kier molecular flexibility index (Phi) is 6.61. The molecule has 0 aliphatic rings. The minimum atomic E-state index is -0.275. The van der Waals surface area contributed by atoms with Gasteiger partial charge in [-0.3, -0.25) is 0 Å². The molecule has 0 heterocycles. The lowest BCUT2D eigenvalue weighted by molar-refractivity contribution is 0.284. The molecule has 0 aromatic heterocycles. The van der Waals surface area contributed by atoms with Crippen molar-refractivity contribution in [3.05, 3.63) is 94.8 Å². The Labute approximate surface area is 170 Å². The smallest absolute Gasteiger partial charge is 0.171 e. The molecule has 0 atom stereocenters. The zero-order chi connectivity index (χ0) is 19.9. The van der Waals surface area contributed by atoms with Crippen LogP contribution in [0.25, 0.3) is 0 Å². The van der Waals surface area contributed by atoms with Gasteiger partial charge in [0.25, 0.3) is 0 Å².